The van der Waals surface area contributed by atoms with Crippen molar-refractivity contribution in [3.05, 3.63) is 41.5 Å². The number of aromatic nitrogens is 2. The molecule has 2 aromatic rings. The van der Waals surface area contributed by atoms with E-state index in [1.54, 1.807) is 13.4 Å². The van der Waals surface area contributed by atoms with Gasteiger partial charge in [0.05, 0.1) is 30.9 Å². The molecule has 3 rings (SSSR count). The third-order valence-electron chi connectivity index (χ3n) is 3.71. The summed E-state index contributed by atoms with van der Waals surface area (Å²) >= 11 is 0. The number of methoxy groups -OCH3 is 1. The maximum atomic E-state index is 12.3. The van der Waals surface area contributed by atoms with E-state index in [4.69, 9.17) is 4.74 Å². The number of nitrogens with one attached hydrogen (secondary N) is 3. The molecule has 1 aliphatic heterocycles. The molecule has 0 radical (unpaired) electrons. The summed E-state index contributed by atoms with van der Waals surface area (Å²) in [5, 5.41) is 6.14. The molecule has 110 valence electrons. The predicted molar refractivity (Wildman–Crippen MR) is 79.3 cm³/mol. The van der Waals surface area contributed by atoms with Crippen molar-refractivity contribution in [2.75, 3.05) is 12.4 Å². The highest BCUT2D eigenvalue weighted by Gasteiger charge is 2.25. The van der Waals surface area contributed by atoms with E-state index in [1.807, 2.05) is 25.1 Å². The van der Waals surface area contributed by atoms with E-state index in [0.717, 1.165) is 28.4 Å². The Balaban J connectivity index is 1.68. The van der Waals surface area contributed by atoms with Crippen LogP contribution >= 0.6 is 0 Å². The van der Waals surface area contributed by atoms with Crippen LogP contribution in [-0.2, 0) is 17.8 Å². The Labute approximate surface area is 122 Å². The molecule has 2 heterocycles. The maximum absolute atomic E-state index is 12.3. The van der Waals surface area contributed by atoms with Gasteiger partial charge >= 0.3 is 0 Å². The highest BCUT2D eigenvalue weighted by atomic mass is 16.5. The van der Waals surface area contributed by atoms with Gasteiger partial charge in [0.25, 0.3) is 0 Å². The molecule has 0 saturated carbocycles. The number of amides is 1. The highest BCUT2D eigenvalue weighted by Crippen LogP contribution is 2.22. The maximum Gasteiger partial charge on any atom is 0.241 e. The number of H-pyrrole nitrogens is 1. The molecule has 1 unspecified atom stereocenters. The first kappa shape index (κ1) is 13.6. The number of anilines is 1. The summed E-state index contributed by atoms with van der Waals surface area (Å²) in [6.07, 6.45) is 2.26. The number of aryl methyl sites for hydroxylation is 1. The molecule has 1 amide bonds. The van der Waals surface area contributed by atoms with Gasteiger partial charge < -0.3 is 15.0 Å². The average molecular weight is 286 g/mol. The summed E-state index contributed by atoms with van der Waals surface area (Å²) < 4.78 is 5.21. The number of carbonyl (C=O) groups excluding carboxylic acids is 1. The van der Waals surface area contributed by atoms with Crippen LogP contribution in [0.5, 0.6) is 5.75 Å². The van der Waals surface area contributed by atoms with Gasteiger partial charge in [0.2, 0.25) is 5.91 Å². The number of rotatable bonds is 3. The van der Waals surface area contributed by atoms with E-state index in [2.05, 4.69) is 20.6 Å². The van der Waals surface area contributed by atoms with Gasteiger partial charge in [0, 0.05) is 18.7 Å². The van der Waals surface area contributed by atoms with E-state index in [-0.39, 0.29) is 11.9 Å². The van der Waals surface area contributed by atoms with Gasteiger partial charge in [-0.2, -0.15) is 0 Å². The molecule has 21 heavy (non-hydrogen) atoms. The average Bonchev–Trinajstić information content (AvgIpc) is 2.94. The summed E-state index contributed by atoms with van der Waals surface area (Å²) in [5.41, 5.74) is 3.77. The zero-order chi connectivity index (χ0) is 14.8. The zero-order valence-electron chi connectivity index (χ0n) is 12.1. The van der Waals surface area contributed by atoms with Gasteiger partial charge in [0.1, 0.15) is 5.75 Å². The van der Waals surface area contributed by atoms with Crippen LogP contribution in [0.15, 0.2) is 24.5 Å². The molecule has 1 aromatic heterocycles. The number of fused-ring (bicyclic) bond motifs is 1. The van der Waals surface area contributed by atoms with Crippen LogP contribution in [0, 0.1) is 6.92 Å². The Bertz CT molecular complexity index is 665. The van der Waals surface area contributed by atoms with Gasteiger partial charge in [-0.1, -0.05) is 0 Å². The Hall–Kier alpha value is -2.34. The number of hydrogen-bond donors (Lipinski definition) is 3. The molecule has 0 bridgehead atoms. The van der Waals surface area contributed by atoms with Gasteiger partial charge in [-0.3, -0.25) is 10.1 Å². The first-order chi connectivity index (χ1) is 10.2. The van der Waals surface area contributed by atoms with Crippen LogP contribution < -0.4 is 15.4 Å². The fraction of sp³-hybridized carbons (Fsp3) is 0.333. The van der Waals surface area contributed by atoms with Crippen molar-refractivity contribution >= 4 is 11.6 Å². The Morgan fingerprint density at radius 1 is 1.48 bits per heavy atom. The molecule has 0 saturated heterocycles. The fourth-order valence-corrected chi connectivity index (χ4v) is 2.54. The summed E-state index contributed by atoms with van der Waals surface area (Å²) in [4.78, 5) is 19.6. The molecule has 1 atom stereocenters. The van der Waals surface area contributed by atoms with Crippen molar-refractivity contribution in [3.63, 3.8) is 0 Å². The van der Waals surface area contributed by atoms with Crippen LogP contribution in [0.3, 0.4) is 0 Å². The molecule has 1 aromatic carbocycles. The summed E-state index contributed by atoms with van der Waals surface area (Å²) in [7, 11) is 1.63. The third kappa shape index (κ3) is 2.75. The second-order valence-electron chi connectivity index (χ2n) is 5.14. The first-order valence-corrected chi connectivity index (χ1v) is 6.87. The van der Waals surface area contributed by atoms with Crippen LogP contribution in [0.4, 0.5) is 5.69 Å². The molecule has 6 heteroatoms. The lowest BCUT2D eigenvalue weighted by Crippen LogP contribution is -2.44. The van der Waals surface area contributed by atoms with Crippen LogP contribution in [0.2, 0.25) is 0 Å². The molecule has 0 aliphatic carbocycles. The topological polar surface area (TPSA) is 79.0 Å². The molecule has 3 N–H and O–H groups in total. The largest absolute Gasteiger partial charge is 0.496 e. The highest BCUT2D eigenvalue weighted by molar-refractivity contribution is 5.95. The van der Waals surface area contributed by atoms with E-state index in [1.165, 1.54) is 0 Å². The van der Waals surface area contributed by atoms with Crippen molar-refractivity contribution in [1.82, 2.24) is 15.3 Å². The predicted octanol–water partition coefficient (Wildman–Crippen LogP) is 1.38. The lowest BCUT2D eigenvalue weighted by Gasteiger charge is -2.22. The Morgan fingerprint density at radius 2 is 2.33 bits per heavy atom. The molecular formula is C15H18N4O2. The Kier molecular flexibility index (Phi) is 3.62. The molecule has 0 fully saturated rings. The smallest absolute Gasteiger partial charge is 0.241 e. The molecule has 0 spiro atoms. The van der Waals surface area contributed by atoms with Gasteiger partial charge in [-0.05, 0) is 30.7 Å². The van der Waals surface area contributed by atoms with E-state index in [9.17, 15) is 4.79 Å². The lowest BCUT2D eigenvalue weighted by atomic mass is 10.0. The minimum Gasteiger partial charge on any atom is -0.496 e. The fourth-order valence-electron chi connectivity index (χ4n) is 2.54. The van der Waals surface area contributed by atoms with Gasteiger partial charge in [-0.15, -0.1) is 0 Å². The Morgan fingerprint density at radius 3 is 3.10 bits per heavy atom. The van der Waals surface area contributed by atoms with Crippen molar-refractivity contribution in [3.8, 4) is 5.75 Å². The third-order valence-corrected chi connectivity index (χ3v) is 3.71. The van der Waals surface area contributed by atoms with Gasteiger partial charge in [-0.25, -0.2) is 4.98 Å². The summed E-state index contributed by atoms with van der Waals surface area (Å²) in [6, 6.07) is 5.33. The minimum atomic E-state index is -0.261. The zero-order valence-corrected chi connectivity index (χ0v) is 12.1. The molecule has 6 nitrogen and oxygen atoms in total. The number of nitrogens with zero attached hydrogens (tertiary/aromatic N) is 1. The second-order valence-corrected chi connectivity index (χ2v) is 5.14. The second kappa shape index (κ2) is 5.57. The van der Waals surface area contributed by atoms with Crippen LogP contribution in [-0.4, -0.2) is 29.0 Å². The minimum absolute atomic E-state index is 0.0479. The first-order valence-electron chi connectivity index (χ1n) is 6.87. The standard InChI is InChI=1S/C15H18N4O2/c1-9-5-10(3-4-14(9)21-2)19-15(20)12-6-11-13(7-16-12)18-8-17-11/h3-5,8,12,16H,6-7H2,1-2H3,(H,17,18)(H,19,20). The van der Waals surface area contributed by atoms with E-state index >= 15 is 0 Å². The molecule has 1 aliphatic rings. The SMILES string of the molecule is COc1ccc(NC(=O)C2Cc3nc[nH]c3CN2)cc1C. The van der Waals surface area contributed by atoms with Crippen LogP contribution in [0.1, 0.15) is 17.0 Å². The van der Waals surface area contributed by atoms with Crippen molar-refractivity contribution in [2.24, 2.45) is 0 Å². The normalized spacial score (nSPS) is 17.1. The number of carbonyl (C=O) groups is 1. The quantitative estimate of drug-likeness (QED) is 0.796. The lowest BCUT2D eigenvalue weighted by molar-refractivity contribution is -0.118. The van der Waals surface area contributed by atoms with E-state index in [0.29, 0.717) is 13.0 Å². The number of ether oxygens (including phenoxy) is 1. The van der Waals surface area contributed by atoms with Crippen LogP contribution in [0.25, 0.3) is 0 Å². The van der Waals surface area contributed by atoms with Crippen molar-refractivity contribution in [1.29, 1.82) is 0 Å². The number of aromatic amines is 1. The van der Waals surface area contributed by atoms with E-state index < -0.39 is 0 Å². The number of hydrogen-bond acceptors (Lipinski definition) is 4. The van der Waals surface area contributed by atoms with Crippen molar-refractivity contribution in [2.45, 2.75) is 25.9 Å². The number of benzene rings is 1. The van der Waals surface area contributed by atoms with Gasteiger partial charge in [0.15, 0.2) is 0 Å². The monoisotopic (exact) mass is 286 g/mol. The molecular weight excluding hydrogens is 268 g/mol. The summed E-state index contributed by atoms with van der Waals surface area (Å²) in [6.45, 7) is 2.58. The summed E-state index contributed by atoms with van der Waals surface area (Å²) in [5.74, 6) is 0.762. The number of imidazole rings is 1. The van der Waals surface area contributed by atoms with Crippen molar-refractivity contribution < 1.29 is 9.53 Å².